The molecule has 0 amide bonds. The normalized spacial score (nSPS) is 27.4. The predicted octanol–water partition coefficient (Wildman–Crippen LogP) is 2.70. The number of hydrogen-bond acceptors (Lipinski definition) is 3. The second-order valence-electron chi connectivity index (χ2n) is 6.54. The van der Waals surface area contributed by atoms with Crippen LogP contribution in [0.4, 0.5) is 0 Å². The molecule has 1 fully saturated rings. The van der Waals surface area contributed by atoms with Crippen LogP contribution >= 0.6 is 0 Å². The van der Waals surface area contributed by atoms with Crippen molar-refractivity contribution in [1.29, 1.82) is 0 Å². The van der Waals surface area contributed by atoms with Crippen LogP contribution in [-0.4, -0.2) is 21.2 Å². The van der Waals surface area contributed by atoms with Gasteiger partial charge >= 0.3 is 0 Å². The molecule has 1 saturated carbocycles. The molecule has 4 heteroatoms. The average molecular weight is 305 g/mol. The fourth-order valence-electron chi connectivity index (χ4n) is 3.77. The van der Waals surface area contributed by atoms with Crippen molar-refractivity contribution in [1.82, 2.24) is 5.32 Å². The summed E-state index contributed by atoms with van der Waals surface area (Å²) in [7, 11) is -3.12. The van der Waals surface area contributed by atoms with E-state index in [2.05, 4.69) is 17.5 Å². The molecule has 21 heavy (non-hydrogen) atoms. The summed E-state index contributed by atoms with van der Waals surface area (Å²) in [4.78, 5) is 0.435. The summed E-state index contributed by atoms with van der Waals surface area (Å²) in [6.07, 6.45) is 8.67. The monoisotopic (exact) mass is 305 g/mol. The fourth-order valence-corrected chi connectivity index (χ4v) is 4.73. The van der Waals surface area contributed by atoms with Gasteiger partial charge < -0.3 is 5.32 Å². The van der Waals surface area contributed by atoms with Gasteiger partial charge in [0.25, 0.3) is 0 Å². The van der Waals surface area contributed by atoms with E-state index in [1.807, 2.05) is 19.1 Å². The van der Waals surface area contributed by atoms with Gasteiger partial charge in [-0.05, 0) is 61.3 Å². The number of aryl methyl sites for hydroxylation is 1. The molecule has 0 radical (unpaired) electrons. The molecule has 2 aliphatic rings. The molecule has 3 atom stereocenters. The van der Waals surface area contributed by atoms with Gasteiger partial charge in [-0.1, -0.05) is 24.3 Å². The molecule has 2 aliphatic carbocycles. The number of hydrogen-bond donors (Lipinski definition) is 1. The van der Waals surface area contributed by atoms with Crippen molar-refractivity contribution < 1.29 is 8.42 Å². The zero-order valence-electron chi connectivity index (χ0n) is 12.7. The minimum Gasteiger partial charge on any atom is -0.312 e. The third-order valence-corrected chi connectivity index (χ3v) is 6.05. The lowest BCUT2D eigenvalue weighted by atomic mass is 9.93. The Labute approximate surface area is 127 Å². The minimum atomic E-state index is -3.12. The van der Waals surface area contributed by atoms with E-state index in [4.69, 9.17) is 0 Å². The van der Waals surface area contributed by atoms with E-state index in [1.54, 1.807) is 6.07 Å². The SMILES string of the molecule is Cc1cc(CNC[C@H]2C[C@H]3C=C[C@H]2C3)ccc1S(C)(=O)=O. The van der Waals surface area contributed by atoms with Crippen molar-refractivity contribution in [3.8, 4) is 0 Å². The maximum absolute atomic E-state index is 11.6. The van der Waals surface area contributed by atoms with Crippen LogP contribution in [-0.2, 0) is 16.4 Å². The molecular formula is C17H23NO2S. The molecule has 0 aromatic heterocycles. The number of nitrogens with one attached hydrogen (secondary N) is 1. The lowest BCUT2D eigenvalue weighted by molar-refractivity contribution is 0.414. The molecule has 3 rings (SSSR count). The maximum Gasteiger partial charge on any atom is 0.175 e. The van der Waals surface area contributed by atoms with E-state index in [0.717, 1.165) is 42.0 Å². The van der Waals surface area contributed by atoms with Crippen molar-refractivity contribution in [3.05, 3.63) is 41.5 Å². The molecule has 2 bridgehead atoms. The van der Waals surface area contributed by atoms with Crippen molar-refractivity contribution in [2.24, 2.45) is 17.8 Å². The van der Waals surface area contributed by atoms with Crippen LogP contribution in [0, 0.1) is 24.7 Å². The first-order valence-corrected chi connectivity index (χ1v) is 9.51. The Bertz CT molecular complexity index is 663. The first kappa shape index (κ1) is 14.8. The summed E-state index contributed by atoms with van der Waals surface area (Å²) < 4.78 is 23.2. The Hall–Kier alpha value is -1.13. The lowest BCUT2D eigenvalue weighted by Gasteiger charge is -2.18. The number of fused-ring (bicyclic) bond motifs is 2. The van der Waals surface area contributed by atoms with Crippen LogP contribution in [0.15, 0.2) is 35.2 Å². The lowest BCUT2D eigenvalue weighted by Crippen LogP contribution is -2.25. The fraction of sp³-hybridized carbons (Fsp3) is 0.529. The molecule has 0 spiro atoms. The summed E-state index contributed by atoms with van der Waals surface area (Å²) >= 11 is 0. The van der Waals surface area contributed by atoms with Crippen LogP contribution in [0.3, 0.4) is 0 Å². The maximum atomic E-state index is 11.6. The van der Waals surface area contributed by atoms with Crippen LogP contribution in [0.5, 0.6) is 0 Å². The minimum absolute atomic E-state index is 0.435. The quantitative estimate of drug-likeness (QED) is 0.851. The van der Waals surface area contributed by atoms with Crippen LogP contribution < -0.4 is 5.32 Å². The van der Waals surface area contributed by atoms with Gasteiger partial charge in [-0.2, -0.15) is 0 Å². The smallest absolute Gasteiger partial charge is 0.175 e. The van der Waals surface area contributed by atoms with Gasteiger partial charge in [0, 0.05) is 12.8 Å². The average Bonchev–Trinajstić information content (AvgIpc) is 2.99. The molecule has 1 aromatic rings. The van der Waals surface area contributed by atoms with E-state index in [-0.39, 0.29) is 0 Å². The van der Waals surface area contributed by atoms with Crippen LogP contribution in [0.2, 0.25) is 0 Å². The van der Waals surface area contributed by atoms with Gasteiger partial charge in [0.05, 0.1) is 4.90 Å². The third-order valence-electron chi connectivity index (χ3n) is 4.79. The summed E-state index contributed by atoms with van der Waals surface area (Å²) in [5.41, 5.74) is 1.98. The molecule has 3 nitrogen and oxygen atoms in total. The second-order valence-corrected chi connectivity index (χ2v) is 8.53. The first-order valence-electron chi connectivity index (χ1n) is 7.62. The first-order chi connectivity index (χ1) is 9.93. The zero-order valence-corrected chi connectivity index (χ0v) is 13.5. The molecule has 0 heterocycles. The van der Waals surface area contributed by atoms with Crippen molar-refractivity contribution in [2.45, 2.75) is 31.2 Å². The molecule has 1 aromatic carbocycles. The number of rotatable bonds is 5. The van der Waals surface area contributed by atoms with Gasteiger partial charge in [-0.3, -0.25) is 0 Å². The highest BCUT2D eigenvalue weighted by molar-refractivity contribution is 7.90. The standard InChI is InChI=1S/C17H23NO2S/c1-12-7-14(4-6-17(12)21(2,19)20)10-18-11-16-9-13-3-5-15(16)8-13/h3-7,13,15-16,18H,8-11H2,1-2H3/t13-,15-,16+/m0/s1. The Morgan fingerprint density at radius 3 is 2.62 bits per heavy atom. The molecule has 1 N–H and O–H groups in total. The highest BCUT2D eigenvalue weighted by Crippen LogP contribution is 2.42. The predicted molar refractivity (Wildman–Crippen MR) is 84.8 cm³/mol. The van der Waals surface area contributed by atoms with Crippen molar-refractivity contribution in [2.75, 3.05) is 12.8 Å². The number of sulfone groups is 1. The van der Waals surface area contributed by atoms with Crippen LogP contribution in [0.1, 0.15) is 24.0 Å². The van der Waals surface area contributed by atoms with E-state index >= 15 is 0 Å². The topological polar surface area (TPSA) is 46.2 Å². The summed E-state index contributed by atoms with van der Waals surface area (Å²) in [6, 6.07) is 5.61. The largest absolute Gasteiger partial charge is 0.312 e. The highest BCUT2D eigenvalue weighted by Gasteiger charge is 2.34. The van der Waals surface area contributed by atoms with Crippen molar-refractivity contribution >= 4 is 9.84 Å². The number of allylic oxidation sites excluding steroid dienone is 2. The van der Waals surface area contributed by atoms with Crippen molar-refractivity contribution in [3.63, 3.8) is 0 Å². The molecule has 0 unspecified atom stereocenters. The number of benzene rings is 1. The van der Waals surface area contributed by atoms with Gasteiger partial charge in [0.15, 0.2) is 9.84 Å². The summed E-state index contributed by atoms with van der Waals surface area (Å²) in [6.45, 7) is 3.72. The Balaban J connectivity index is 1.56. The van der Waals surface area contributed by atoms with E-state index in [0.29, 0.717) is 4.90 Å². The van der Waals surface area contributed by atoms with Gasteiger partial charge in [0.1, 0.15) is 0 Å². The van der Waals surface area contributed by atoms with Gasteiger partial charge in [0.2, 0.25) is 0 Å². The molecule has 0 aliphatic heterocycles. The van der Waals surface area contributed by atoms with E-state index in [1.165, 1.54) is 19.1 Å². The van der Waals surface area contributed by atoms with E-state index in [9.17, 15) is 8.42 Å². The molecule has 0 saturated heterocycles. The Kier molecular flexibility index (Phi) is 3.93. The Morgan fingerprint density at radius 1 is 1.24 bits per heavy atom. The van der Waals surface area contributed by atoms with E-state index < -0.39 is 9.84 Å². The second kappa shape index (κ2) is 5.58. The third kappa shape index (κ3) is 3.22. The summed E-state index contributed by atoms with van der Waals surface area (Å²) in [5.74, 6) is 2.37. The molecule has 114 valence electrons. The van der Waals surface area contributed by atoms with Gasteiger partial charge in [-0.15, -0.1) is 0 Å². The Morgan fingerprint density at radius 2 is 2.05 bits per heavy atom. The van der Waals surface area contributed by atoms with Gasteiger partial charge in [-0.25, -0.2) is 8.42 Å². The summed E-state index contributed by atoms with van der Waals surface area (Å²) in [5, 5.41) is 3.53. The zero-order chi connectivity index (χ0) is 15.0. The van der Waals surface area contributed by atoms with Crippen LogP contribution in [0.25, 0.3) is 0 Å². The molecular weight excluding hydrogens is 282 g/mol. The highest BCUT2D eigenvalue weighted by atomic mass is 32.2.